The first kappa shape index (κ1) is 25.8. The Balaban J connectivity index is 1.66. The van der Waals surface area contributed by atoms with Crippen molar-refractivity contribution in [1.29, 1.82) is 5.26 Å². The van der Waals surface area contributed by atoms with Gasteiger partial charge in [-0.25, -0.2) is 4.79 Å². The molecule has 0 aliphatic heterocycles. The SMILES string of the molecule is CC(C)[C@H](CC(=O)O)NC(=O)C(CCCC#N)NC(=O)OCC1c2ccccc2-c2ccccc21. The molecule has 35 heavy (non-hydrogen) atoms. The lowest BCUT2D eigenvalue weighted by molar-refractivity contribution is -0.138. The summed E-state index contributed by atoms with van der Waals surface area (Å²) in [6, 6.07) is 16.5. The van der Waals surface area contributed by atoms with Gasteiger partial charge < -0.3 is 20.5 Å². The number of alkyl carbamates (subject to hydrolysis) is 1. The predicted molar refractivity (Wildman–Crippen MR) is 130 cm³/mol. The fourth-order valence-corrected chi connectivity index (χ4v) is 4.36. The predicted octanol–water partition coefficient (Wildman–Crippen LogP) is 4.20. The maximum Gasteiger partial charge on any atom is 0.407 e. The summed E-state index contributed by atoms with van der Waals surface area (Å²) >= 11 is 0. The number of unbranched alkanes of at least 4 members (excludes halogenated alkanes) is 1. The number of nitriles is 1. The minimum atomic E-state index is -1.02. The van der Waals surface area contributed by atoms with Crippen molar-refractivity contribution < 1.29 is 24.2 Å². The number of carbonyl (C=O) groups is 3. The van der Waals surface area contributed by atoms with E-state index in [0.717, 1.165) is 22.3 Å². The molecule has 0 saturated heterocycles. The topological polar surface area (TPSA) is 129 Å². The first-order valence-corrected chi connectivity index (χ1v) is 11.8. The fourth-order valence-electron chi connectivity index (χ4n) is 4.36. The second kappa shape index (κ2) is 12.0. The average Bonchev–Trinajstić information content (AvgIpc) is 3.15. The highest BCUT2D eigenvalue weighted by atomic mass is 16.5. The maximum atomic E-state index is 12.9. The minimum Gasteiger partial charge on any atom is -0.481 e. The van der Waals surface area contributed by atoms with Gasteiger partial charge in [0, 0.05) is 18.4 Å². The summed E-state index contributed by atoms with van der Waals surface area (Å²) in [5.74, 6) is -1.73. The van der Waals surface area contributed by atoms with Gasteiger partial charge in [-0.15, -0.1) is 0 Å². The number of benzene rings is 2. The van der Waals surface area contributed by atoms with E-state index in [-0.39, 0.29) is 37.7 Å². The highest BCUT2D eigenvalue weighted by Crippen LogP contribution is 2.44. The van der Waals surface area contributed by atoms with Gasteiger partial charge in [0.05, 0.1) is 12.5 Å². The van der Waals surface area contributed by atoms with E-state index in [2.05, 4.69) is 10.6 Å². The number of carboxylic acid groups (broad SMARTS) is 1. The van der Waals surface area contributed by atoms with Crippen molar-refractivity contribution in [3.63, 3.8) is 0 Å². The maximum absolute atomic E-state index is 12.9. The molecule has 0 aromatic heterocycles. The summed E-state index contributed by atoms with van der Waals surface area (Å²) in [4.78, 5) is 36.8. The van der Waals surface area contributed by atoms with Crippen LogP contribution < -0.4 is 10.6 Å². The number of carbonyl (C=O) groups excluding carboxylic acids is 2. The van der Waals surface area contributed by atoms with Gasteiger partial charge in [-0.1, -0.05) is 62.4 Å². The van der Waals surface area contributed by atoms with Crippen LogP contribution in [0.25, 0.3) is 11.1 Å². The molecular formula is C27H31N3O5. The van der Waals surface area contributed by atoms with Crippen molar-refractivity contribution >= 4 is 18.0 Å². The number of fused-ring (bicyclic) bond motifs is 3. The summed E-state index contributed by atoms with van der Waals surface area (Å²) in [6.45, 7) is 3.75. The molecule has 0 fully saturated rings. The number of aliphatic carboxylic acids is 1. The normalized spacial score (nSPS) is 13.8. The van der Waals surface area contributed by atoms with Crippen molar-refractivity contribution in [2.45, 2.75) is 57.5 Å². The number of hydrogen-bond acceptors (Lipinski definition) is 5. The van der Waals surface area contributed by atoms with Gasteiger partial charge in [0.1, 0.15) is 12.6 Å². The monoisotopic (exact) mass is 477 g/mol. The summed E-state index contributed by atoms with van der Waals surface area (Å²) in [5, 5.41) is 23.3. The molecule has 2 aromatic carbocycles. The number of hydrogen-bond donors (Lipinski definition) is 3. The molecule has 1 unspecified atom stereocenters. The largest absolute Gasteiger partial charge is 0.481 e. The Kier molecular flexibility index (Phi) is 8.85. The highest BCUT2D eigenvalue weighted by Gasteiger charge is 2.30. The molecule has 0 bridgehead atoms. The zero-order valence-corrected chi connectivity index (χ0v) is 20.0. The summed E-state index contributed by atoms with van der Waals surface area (Å²) < 4.78 is 5.55. The van der Waals surface area contributed by atoms with Crippen LogP contribution in [0.15, 0.2) is 48.5 Å². The summed E-state index contributed by atoms with van der Waals surface area (Å²) in [7, 11) is 0. The molecule has 3 rings (SSSR count). The molecule has 0 spiro atoms. The number of nitrogens with one attached hydrogen (secondary N) is 2. The molecule has 2 aromatic rings. The Morgan fingerprint density at radius 1 is 1.03 bits per heavy atom. The average molecular weight is 478 g/mol. The Morgan fingerprint density at radius 2 is 1.63 bits per heavy atom. The number of nitrogens with zero attached hydrogens (tertiary/aromatic N) is 1. The van der Waals surface area contributed by atoms with Crippen LogP contribution in [0.3, 0.4) is 0 Å². The van der Waals surface area contributed by atoms with Crippen LogP contribution in [0.5, 0.6) is 0 Å². The molecule has 1 aliphatic rings. The molecule has 8 nitrogen and oxygen atoms in total. The van der Waals surface area contributed by atoms with E-state index < -0.39 is 30.1 Å². The smallest absolute Gasteiger partial charge is 0.407 e. The fraction of sp³-hybridized carbons (Fsp3) is 0.407. The van der Waals surface area contributed by atoms with E-state index in [1.54, 1.807) is 0 Å². The van der Waals surface area contributed by atoms with Gasteiger partial charge in [0.2, 0.25) is 5.91 Å². The second-order valence-electron chi connectivity index (χ2n) is 9.03. The van der Waals surface area contributed by atoms with E-state index >= 15 is 0 Å². The van der Waals surface area contributed by atoms with Crippen molar-refractivity contribution in [2.75, 3.05) is 6.61 Å². The van der Waals surface area contributed by atoms with Crippen molar-refractivity contribution in [2.24, 2.45) is 5.92 Å². The first-order valence-electron chi connectivity index (χ1n) is 11.8. The molecule has 0 heterocycles. The van der Waals surface area contributed by atoms with Crippen LogP contribution in [-0.4, -0.2) is 41.8 Å². The molecule has 2 atom stereocenters. The third-order valence-corrected chi connectivity index (χ3v) is 6.26. The third kappa shape index (κ3) is 6.60. The number of rotatable bonds is 11. The summed E-state index contributed by atoms with van der Waals surface area (Å²) in [5.41, 5.74) is 4.39. The van der Waals surface area contributed by atoms with Crippen molar-refractivity contribution in [3.05, 3.63) is 59.7 Å². The Hall–Kier alpha value is -3.86. The van der Waals surface area contributed by atoms with Gasteiger partial charge in [-0.2, -0.15) is 5.26 Å². The lowest BCUT2D eigenvalue weighted by atomic mass is 9.98. The van der Waals surface area contributed by atoms with Crippen LogP contribution >= 0.6 is 0 Å². The number of ether oxygens (including phenoxy) is 1. The zero-order chi connectivity index (χ0) is 25.4. The van der Waals surface area contributed by atoms with Crippen LogP contribution in [-0.2, 0) is 14.3 Å². The van der Waals surface area contributed by atoms with Gasteiger partial charge in [-0.3, -0.25) is 9.59 Å². The van der Waals surface area contributed by atoms with Gasteiger partial charge in [0.25, 0.3) is 0 Å². The molecule has 3 N–H and O–H groups in total. The summed E-state index contributed by atoms with van der Waals surface area (Å²) in [6.07, 6.45) is -0.0772. The van der Waals surface area contributed by atoms with Gasteiger partial charge in [0.15, 0.2) is 0 Å². The van der Waals surface area contributed by atoms with Crippen molar-refractivity contribution in [3.8, 4) is 17.2 Å². The minimum absolute atomic E-state index is 0.107. The number of amides is 2. The molecule has 1 aliphatic carbocycles. The van der Waals surface area contributed by atoms with Crippen LogP contribution in [0.4, 0.5) is 4.79 Å². The standard InChI is InChI=1S/C27H31N3O5/c1-17(2)24(15-25(31)32)29-26(33)23(13-7-8-14-28)30-27(34)35-16-22-20-11-5-3-9-18(20)19-10-4-6-12-21(19)22/h3-6,9-12,17,22-24H,7-8,13,15-16H2,1-2H3,(H,29,33)(H,30,34)(H,31,32)/t23?,24-/m0/s1. The molecule has 0 saturated carbocycles. The molecule has 0 radical (unpaired) electrons. The Labute approximate surface area is 205 Å². The molecular weight excluding hydrogens is 446 g/mol. The third-order valence-electron chi connectivity index (χ3n) is 6.26. The van der Waals surface area contributed by atoms with E-state index in [1.165, 1.54) is 0 Å². The highest BCUT2D eigenvalue weighted by molar-refractivity contribution is 5.86. The molecule has 2 amide bonds. The van der Waals surface area contributed by atoms with E-state index in [0.29, 0.717) is 6.42 Å². The van der Waals surface area contributed by atoms with Gasteiger partial charge in [-0.05, 0) is 41.0 Å². The molecule has 8 heteroatoms. The number of carboxylic acids is 1. The second-order valence-corrected chi connectivity index (χ2v) is 9.03. The molecule has 184 valence electrons. The van der Waals surface area contributed by atoms with Crippen LogP contribution in [0.1, 0.15) is 56.6 Å². The van der Waals surface area contributed by atoms with Crippen LogP contribution in [0.2, 0.25) is 0 Å². The zero-order valence-electron chi connectivity index (χ0n) is 20.0. The lowest BCUT2D eigenvalue weighted by Crippen LogP contribution is -2.51. The van der Waals surface area contributed by atoms with E-state index in [9.17, 15) is 14.4 Å². The quantitative estimate of drug-likeness (QED) is 0.416. The van der Waals surface area contributed by atoms with Gasteiger partial charge >= 0.3 is 12.1 Å². The Bertz CT molecular complexity index is 1060. The Morgan fingerprint density at radius 3 is 2.17 bits per heavy atom. The van der Waals surface area contributed by atoms with Crippen LogP contribution in [0, 0.1) is 17.2 Å². The lowest BCUT2D eigenvalue weighted by Gasteiger charge is -2.25. The first-order chi connectivity index (χ1) is 16.8. The van der Waals surface area contributed by atoms with E-state index in [1.807, 2.05) is 68.4 Å². The van der Waals surface area contributed by atoms with Crippen molar-refractivity contribution in [1.82, 2.24) is 10.6 Å². The van der Waals surface area contributed by atoms with E-state index in [4.69, 9.17) is 15.1 Å².